The van der Waals surface area contributed by atoms with E-state index in [1.807, 2.05) is 11.8 Å². The molecule has 0 saturated carbocycles. The molecule has 5 nitrogen and oxygen atoms in total. The second-order valence-corrected chi connectivity index (χ2v) is 8.16. The Morgan fingerprint density at radius 3 is 2.60 bits per heavy atom. The van der Waals surface area contributed by atoms with Crippen LogP contribution in [0.3, 0.4) is 0 Å². The highest BCUT2D eigenvalue weighted by Gasteiger charge is 2.40. The average molecular weight is 386 g/mol. The van der Waals surface area contributed by atoms with Crippen LogP contribution >= 0.6 is 23.2 Å². The minimum atomic E-state index is -0.420. The molecule has 2 saturated heterocycles. The topological polar surface area (TPSA) is 78.6 Å². The number of aromatic hydroxyl groups is 1. The van der Waals surface area contributed by atoms with E-state index in [0.29, 0.717) is 28.7 Å². The van der Waals surface area contributed by atoms with Crippen molar-refractivity contribution in [3.8, 4) is 5.75 Å². The fourth-order valence-corrected chi connectivity index (χ4v) is 4.29. The average Bonchev–Trinajstić information content (AvgIpc) is 3.05. The van der Waals surface area contributed by atoms with Gasteiger partial charge in [-0.15, -0.1) is 0 Å². The van der Waals surface area contributed by atoms with Crippen LogP contribution in [0.15, 0.2) is 12.1 Å². The zero-order valence-electron chi connectivity index (χ0n) is 14.4. The van der Waals surface area contributed by atoms with Gasteiger partial charge in [0.2, 0.25) is 5.91 Å². The van der Waals surface area contributed by atoms with Crippen LogP contribution in [-0.2, 0) is 4.79 Å². The molecular weight excluding hydrogens is 361 g/mol. The Bertz CT molecular complexity index is 654. The van der Waals surface area contributed by atoms with Gasteiger partial charge in [-0.3, -0.25) is 4.79 Å². The molecule has 0 aromatic heterocycles. The maximum atomic E-state index is 12.8. The van der Waals surface area contributed by atoms with Crippen molar-refractivity contribution in [1.29, 1.82) is 0 Å². The summed E-state index contributed by atoms with van der Waals surface area (Å²) in [6.07, 6.45) is 3.55. The van der Waals surface area contributed by atoms with Gasteiger partial charge in [0.1, 0.15) is 5.75 Å². The molecule has 0 spiro atoms. The fraction of sp³-hybridized carbons (Fsp3) is 0.611. The first kappa shape index (κ1) is 18.8. The summed E-state index contributed by atoms with van der Waals surface area (Å²) in [6.45, 7) is 4.28. The van der Waals surface area contributed by atoms with E-state index in [2.05, 4.69) is 5.32 Å². The normalized spacial score (nSPS) is 26.0. The number of amides is 1. The van der Waals surface area contributed by atoms with Gasteiger partial charge in [-0.2, -0.15) is 0 Å². The number of nitrogens with two attached hydrogens (primary N) is 1. The molecule has 0 aliphatic carbocycles. The van der Waals surface area contributed by atoms with Gasteiger partial charge in [0.15, 0.2) is 0 Å². The summed E-state index contributed by atoms with van der Waals surface area (Å²) in [5.41, 5.74) is 6.58. The summed E-state index contributed by atoms with van der Waals surface area (Å²) in [4.78, 5) is 14.7. The van der Waals surface area contributed by atoms with Crippen molar-refractivity contribution < 1.29 is 9.90 Å². The molecule has 4 N–H and O–H groups in total. The van der Waals surface area contributed by atoms with Crippen molar-refractivity contribution >= 4 is 29.1 Å². The number of piperidine rings is 1. The Labute approximate surface area is 158 Å². The van der Waals surface area contributed by atoms with Gasteiger partial charge in [0.25, 0.3) is 0 Å². The van der Waals surface area contributed by atoms with Gasteiger partial charge in [0.05, 0.1) is 15.6 Å². The van der Waals surface area contributed by atoms with E-state index in [4.69, 9.17) is 28.9 Å². The zero-order chi connectivity index (χ0) is 18.2. The van der Waals surface area contributed by atoms with Gasteiger partial charge >= 0.3 is 0 Å². The maximum Gasteiger partial charge on any atom is 0.242 e. The van der Waals surface area contributed by atoms with Gasteiger partial charge in [-0.25, -0.2) is 0 Å². The van der Waals surface area contributed by atoms with Gasteiger partial charge in [0, 0.05) is 30.8 Å². The number of rotatable bonds is 3. The lowest BCUT2D eigenvalue weighted by Crippen LogP contribution is -2.55. The van der Waals surface area contributed by atoms with Gasteiger partial charge in [-0.1, -0.05) is 23.2 Å². The van der Waals surface area contributed by atoms with E-state index in [1.165, 1.54) is 6.07 Å². The van der Waals surface area contributed by atoms with Crippen molar-refractivity contribution in [3.05, 3.63) is 27.7 Å². The highest BCUT2D eigenvalue weighted by atomic mass is 35.5. The summed E-state index contributed by atoms with van der Waals surface area (Å²) in [6, 6.07) is 2.75. The van der Waals surface area contributed by atoms with E-state index < -0.39 is 5.54 Å². The number of nitrogens with zero attached hydrogens (tertiary/aromatic N) is 1. The molecule has 1 aromatic rings. The third-order valence-corrected chi connectivity index (χ3v) is 6.33. The molecule has 0 radical (unpaired) electrons. The first-order valence-corrected chi connectivity index (χ1v) is 9.55. The van der Waals surface area contributed by atoms with E-state index in [1.54, 1.807) is 6.07 Å². The SMILES string of the molecule is C[C@@]1(C(=O)N2CCC([C@@H](N)c3cc(Cl)c(Cl)cc3O)CC2)CCCN1. The summed E-state index contributed by atoms with van der Waals surface area (Å²) >= 11 is 12.0. The number of hydrogen-bond acceptors (Lipinski definition) is 4. The Morgan fingerprint density at radius 2 is 2.00 bits per heavy atom. The first-order chi connectivity index (χ1) is 11.8. The summed E-state index contributed by atoms with van der Waals surface area (Å²) in [5, 5.41) is 14.2. The Hall–Kier alpha value is -1.01. The van der Waals surface area contributed by atoms with Crippen molar-refractivity contribution in [3.63, 3.8) is 0 Å². The van der Waals surface area contributed by atoms with Crippen molar-refractivity contribution in [2.45, 2.75) is 44.2 Å². The lowest BCUT2D eigenvalue weighted by Gasteiger charge is -2.38. The molecule has 2 heterocycles. The minimum absolute atomic E-state index is 0.0723. The van der Waals surface area contributed by atoms with Crippen molar-refractivity contribution in [2.75, 3.05) is 19.6 Å². The molecule has 3 rings (SSSR count). The van der Waals surface area contributed by atoms with Crippen LogP contribution in [0.25, 0.3) is 0 Å². The van der Waals surface area contributed by atoms with E-state index in [0.717, 1.165) is 32.2 Å². The molecule has 0 bridgehead atoms. The molecule has 7 heteroatoms. The number of nitrogens with one attached hydrogen (secondary N) is 1. The van der Waals surface area contributed by atoms with Gasteiger partial charge in [-0.05, 0) is 51.1 Å². The smallest absolute Gasteiger partial charge is 0.242 e. The summed E-state index contributed by atoms with van der Waals surface area (Å²) in [5.74, 6) is 0.453. The van der Waals surface area contributed by atoms with Crippen molar-refractivity contribution in [1.82, 2.24) is 10.2 Å². The third kappa shape index (κ3) is 3.75. The number of benzene rings is 1. The Kier molecular flexibility index (Phi) is 5.49. The van der Waals surface area contributed by atoms with Gasteiger partial charge < -0.3 is 21.1 Å². The van der Waals surface area contributed by atoms with Crippen LogP contribution in [0.4, 0.5) is 0 Å². The molecule has 2 aliphatic heterocycles. The predicted octanol–water partition coefficient (Wildman–Crippen LogP) is 3.08. The highest BCUT2D eigenvalue weighted by Crippen LogP contribution is 2.38. The van der Waals surface area contributed by atoms with Crippen molar-refractivity contribution in [2.24, 2.45) is 11.7 Å². The van der Waals surface area contributed by atoms with Crippen LogP contribution < -0.4 is 11.1 Å². The summed E-state index contributed by atoms with van der Waals surface area (Å²) in [7, 11) is 0. The molecule has 2 fully saturated rings. The molecule has 138 valence electrons. The highest BCUT2D eigenvalue weighted by molar-refractivity contribution is 6.42. The predicted molar refractivity (Wildman–Crippen MR) is 100 cm³/mol. The second kappa shape index (κ2) is 7.31. The fourth-order valence-electron chi connectivity index (χ4n) is 3.96. The quantitative estimate of drug-likeness (QED) is 0.746. The molecule has 1 aromatic carbocycles. The van der Waals surface area contributed by atoms with Crippen LogP contribution in [0.1, 0.15) is 44.2 Å². The number of phenols is 1. The van der Waals surface area contributed by atoms with E-state index in [-0.39, 0.29) is 23.6 Å². The lowest BCUT2D eigenvalue weighted by atomic mass is 9.85. The molecule has 1 amide bonds. The third-order valence-electron chi connectivity index (χ3n) is 5.60. The number of carbonyl (C=O) groups excluding carboxylic acids is 1. The second-order valence-electron chi connectivity index (χ2n) is 7.34. The molecule has 2 atom stereocenters. The van der Waals surface area contributed by atoms with Crippen LogP contribution in [0.5, 0.6) is 5.75 Å². The largest absolute Gasteiger partial charge is 0.508 e. The standard InChI is InChI=1S/C18H25Cl2N3O2/c1-18(5-2-6-22-18)17(25)23-7-3-11(4-8-23)16(21)12-9-13(19)14(20)10-15(12)24/h9-11,16,22,24H,2-8,21H2,1H3/t16-,18+/m1/s1. The molecule has 2 aliphatic rings. The number of likely N-dealkylation sites (tertiary alicyclic amines) is 1. The number of carbonyl (C=O) groups is 1. The Morgan fingerprint density at radius 1 is 1.36 bits per heavy atom. The molecular formula is C18H25Cl2N3O2. The zero-order valence-corrected chi connectivity index (χ0v) is 15.9. The van der Waals surface area contributed by atoms with E-state index >= 15 is 0 Å². The minimum Gasteiger partial charge on any atom is -0.508 e. The monoisotopic (exact) mass is 385 g/mol. The number of hydrogen-bond donors (Lipinski definition) is 3. The van der Waals surface area contributed by atoms with Crippen LogP contribution in [0, 0.1) is 5.92 Å². The number of halogens is 2. The lowest BCUT2D eigenvalue weighted by molar-refractivity contribution is -0.138. The summed E-state index contributed by atoms with van der Waals surface area (Å²) < 4.78 is 0. The van der Waals surface area contributed by atoms with Crippen LogP contribution in [0.2, 0.25) is 10.0 Å². The number of phenolic OH excluding ortho intramolecular Hbond substituents is 1. The first-order valence-electron chi connectivity index (χ1n) is 8.80. The van der Waals surface area contributed by atoms with Crippen LogP contribution in [-0.4, -0.2) is 41.1 Å². The maximum absolute atomic E-state index is 12.8. The Balaban J connectivity index is 1.64. The molecule has 0 unspecified atom stereocenters. The molecule has 25 heavy (non-hydrogen) atoms. The van der Waals surface area contributed by atoms with E-state index in [9.17, 15) is 9.90 Å².